The maximum absolute atomic E-state index is 13.0. The molecular formula is C20H20N6O2S. The van der Waals surface area contributed by atoms with Gasteiger partial charge in [0.15, 0.2) is 11.5 Å². The van der Waals surface area contributed by atoms with Gasteiger partial charge in [0, 0.05) is 18.9 Å². The molecule has 3 aromatic heterocycles. The van der Waals surface area contributed by atoms with Gasteiger partial charge < -0.3 is 5.32 Å². The highest BCUT2D eigenvalue weighted by Crippen LogP contribution is 2.23. The Kier molecular flexibility index (Phi) is 5.13. The minimum absolute atomic E-state index is 0.140. The van der Waals surface area contributed by atoms with Gasteiger partial charge in [-0.15, -0.1) is 10.2 Å². The van der Waals surface area contributed by atoms with Crippen molar-refractivity contribution in [1.82, 2.24) is 19.6 Å². The molecule has 1 N–H and O–H groups in total. The molecule has 0 saturated carbocycles. The lowest BCUT2D eigenvalue weighted by molar-refractivity contribution is 0.591. The fourth-order valence-corrected chi connectivity index (χ4v) is 4.45. The van der Waals surface area contributed by atoms with E-state index in [4.69, 9.17) is 0 Å². The minimum atomic E-state index is -3.69. The smallest absolute Gasteiger partial charge is 0.265 e. The van der Waals surface area contributed by atoms with E-state index >= 15 is 0 Å². The van der Waals surface area contributed by atoms with Gasteiger partial charge in [0.2, 0.25) is 0 Å². The van der Waals surface area contributed by atoms with Crippen molar-refractivity contribution in [2.45, 2.75) is 18.4 Å². The van der Waals surface area contributed by atoms with Gasteiger partial charge in [-0.05, 0) is 43.3 Å². The van der Waals surface area contributed by atoms with Crippen molar-refractivity contribution >= 4 is 27.2 Å². The van der Waals surface area contributed by atoms with E-state index in [0.717, 1.165) is 11.5 Å². The number of anilines is 2. The molecule has 3 heterocycles. The van der Waals surface area contributed by atoms with E-state index in [-0.39, 0.29) is 4.90 Å². The van der Waals surface area contributed by atoms with Gasteiger partial charge in [0.25, 0.3) is 10.0 Å². The number of hydrogen-bond donors (Lipinski definition) is 1. The molecule has 8 nitrogen and oxygen atoms in total. The third-order valence-corrected chi connectivity index (χ3v) is 6.35. The number of aromatic nitrogens is 4. The van der Waals surface area contributed by atoms with Crippen LogP contribution >= 0.6 is 0 Å². The van der Waals surface area contributed by atoms with Crippen molar-refractivity contribution < 1.29 is 8.42 Å². The molecule has 0 aliphatic rings. The third kappa shape index (κ3) is 3.77. The Labute approximate surface area is 168 Å². The zero-order valence-electron chi connectivity index (χ0n) is 15.8. The largest absolute Gasteiger partial charge is 0.363 e. The average molecular weight is 408 g/mol. The Morgan fingerprint density at radius 2 is 1.79 bits per heavy atom. The number of sulfonamides is 1. The molecule has 0 bridgehead atoms. The summed E-state index contributed by atoms with van der Waals surface area (Å²) in [5, 5.41) is 11.4. The number of hydrogen-bond acceptors (Lipinski definition) is 6. The van der Waals surface area contributed by atoms with Gasteiger partial charge in [0.05, 0.1) is 12.2 Å². The average Bonchev–Trinajstić information content (AvgIpc) is 3.17. The van der Waals surface area contributed by atoms with Crippen LogP contribution in [0.1, 0.15) is 12.7 Å². The SMILES string of the molecule is CCN(c1ccccc1)S(=O)(=O)c1ccc(NCc2nnc3ccccn23)nc1. The second-order valence-electron chi connectivity index (χ2n) is 6.28. The van der Waals surface area contributed by atoms with Crippen LogP contribution in [0.3, 0.4) is 0 Å². The van der Waals surface area contributed by atoms with Crippen molar-refractivity contribution in [3.8, 4) is 0 Å². The monoisotopic (exact) mass is 408 g/mol. The second-order valence-corrected chi connectivity index (χ2v) is 8.15. The maximum Gasteiger partial charge on any atom is 0.265 e. The second kappa shape index (κ2) is 7.88. The summed E-state index contributed by atoms with van der Waals surface area (Å²) in [4.78, 5) is 4.40. The van der Waals surface area contributed by atoms with Crippen molar-refractivity contribution in [2.24, 2.45) is 0 Å². The van der Waals surface area contributed by atoms with Crippen LogP contribution in [0.15, 0.2) is 78.0 Å². The number of fused-ring (bicyclic) bond motifs is 1. The molecule has 0 saturated heterocycles. The van der Waals surface area contributed by atoms with E-state index < -0.39 is 10.0 Å². The van der Waals surface area contributed by atoms with E-state index in [9.17, 15) is 8.42 Å². The molecule has 29 heavy (non-hydrogen) atoms. The number of nitrogens with one attached hydrogen (secondary N) is 1. The fraction of sp³-hybridized carbons (Fsp3) is 0.150. The zero-order chi connectivity index (χ0) is 20.3. The molecule has 0 unspecified atom stereocenters. The van der Waals surface area contributed by atoms with E-state index in [1.807, 2.05) is 47.0 Å². The van der Waals surface area contributed by atoms with E-state index in [0.29, 0.717) is 24.6 Å². The number of nitrogens with zero attached hydrogens (tertiary/aromatic N) is 5. The first-order chi connectivity index (χ1) is 14.1. The highest BCUT2D eigenvalue weighted by molar-refractivity contribution is 7.92. The van der Waals surface area contributed by atoms with Gasteiger partial charge in [-0.1, -0.05) is 24.3 Å². The summed E-state index contributed by atoms with van der Waals surface area (Å²) in [6.07, 6.45) is 3.25. The first-order valence-electron chi connectivity index (χ1n) is 9.16. The lowest BCUT2D eigenvalue weighted by Crippen LogP contribution is -2.30. The Morgan fingerprint density at radius 3 is 2.52 bits per heavy atom. The van der Waals surface area contributed by atoms with Crippen LogP contribution in [0.4, 0.5) is 11.5 Å². The molecule has 0 fully saturated rings. The molecule has 0 aliphatic heterocycles. The zero-order valence-corrected chi connectivity index (χ0v) is 16.6. The van der Waals surface area contributed by atoms with Gasteiger partial charge >= 0.3 is 0 Å². The molecule has 1 aromatic carbocycles. The Morgan fingerprint density at radius 1 is 1.00 bits per heavy atom. The lowest BCUT2D eigenvalue weighted by Gasteiger charge is -2.22. The third-order valence-electron chi connectivity index (χ3n) is 4.47. The summed E-state index contributed by atoms with van der Waals surface area (Å²) in [5.74, 6) is 1.29. The van der Waals surface area contributed by atoms with E-state index in [2.05, 4.69) is 20.5 Å². The number of rotatable bonds is 7. The van der Waals surface area contributed by atoms with Crippen molar-refractivity contribution in [2.75, 3.05) is 16.2 Å². The van der Waals surface area contributed by atoms with Crippen LogP contribution in [0.25, 0.3) is 5.65 Å². The Bertz CT molecular complexity index is 1210. The number of para-hydroxylation sites is 1. The molecule has 4 aromatic rings. The highest BCUT2D eigenvalue weighted by atomic mass is 32.2. The van der Waals surface area contributed by atoms with Crippen LogP contribution in [0, 0.1) is 0 Å². The van der Waals surface area contributed by atoms with Gasteiger partial charge in [-0.2, -0.15) is 0 Å². The molecule has 148 valence electrons. The first kappa shape index (κ1) is 18.9. The normalized spacial score (nSPS) is 11.5. The molecular weight excluding hydrogens is 388 g/mol. The molecule has 9 heteroatoms. The summed E-state index contributed by atoms with van der Waals surface area (Å²) < 4.78 is 29.3. The summed E-state index contributed by atoms with van der Waals surface area (Å²) in [6, 6.07) is 17.9. The van der Waals surface area contributed by atoms with E-state index in [1.54, 1.807) is 31.2 Å². The van der Waals surface area contributed by atoms with Gasteiger partial charge in [-0.25, -0.2) is 13.4 Å². The van der Waals surface area contributed by atoms with Gasteiger partial charge in [-0.3, -0.25) is 8.71 Å². The fourth-order valence-electron chi connectivity index (χ4n) is 3.03. The Hall–Kier alpha value is -3.46. The van der Waals surface area contributed by atoms with Crippen molar-refractivity contribution in [3.63, 3.8) is 0 Å². The minimum Gasteiger partial charge on any atom is -0.363 e. The predicted octanol–water partition coefficient (Wildman–Crippen LogP) is 2.95. The van der Waals surface area contributed by atoms with Crippen molar-refractivity contribution in [3.05, 3.63) is 78.9 Å². The topological polar surface area (TPSA) is 92.5 Å². The molecule has 0 atom stereocenters. The van der Waals surface area contributed by atoms with E-state index in [1.165, 1.54) is 10.5 Å². The molecule has 0 amide bonds. The lowest BCUT2D eigenvalue weighted by atomic mass is 10.3. The standard InChI is InChI=1S/C20H20N6O2S/c1-2-26(16-8-4-3-5-9-16)29(27,28)17-11-12-18(21-14-17)22-15-20-24-23-19-10-6-7-13-25(19)20/h3-14H,2,15H2,1H3,(H,21,22). The van der Waals surface area contributed by atoms with Crippen LogP contribution in [-0.2, 0) is 16.6 Å². The van der Waals surface area contributed by atoms with Crippen LogP contribution in [0.5, 0.6) is 0 Å². The first-order valence-corrected chi connectivity index (χ1v) is 10.6. The van der Waals surface area contributed by atoms with Gasteiger partial charge in [0.1, 0.15) is 10.7 Å². The number of benzene rings is 1. The predicted molar refractivity (Wildman–Crippen MR) is 111 cm³/mol. The van der Waals surface area contributed by atoms with Crippen LogP contribution in [-0.4, -0.2) is 34.5 Å². The van der Waals surface area contributed by atoms with Crippen LogP contribution in [0.2, 0.25) is 0 Å². The molecule has 0 radical (unpaired) electrons. The summed E-state index contributed by atoms with van der Waals surface area (Å²) >= 11 is 0. The quantitative estimate of drug-likeness (QED) is 0.505. The number of pyridine rings is 2. The summed E-state index contributed by atoms with van der Waals surface area (Å²) in [6.45, 7) is 2.54. The summed E-state index contributed by atoms with van der Waals surface area (Å²) in [7, 11) is -3.69. The molecule has 4 rings (SSSR count). The molecule has 0 aliphatic carbocycles. The summed E-state index contributed by atoms with van der Waals surface area (Å²) in [5.41, 5.74) is 1.38. The van der Waals surface area contributed by atoms with Crippen molar-refractivity contribution in [1.29, 1.82) is 0 Å². The highest BCUT2D eigenvalue weighted by Gasteiger charge is 2.23. The Balaban J connectivity index is 1.51. The van der Waals surface area contributed by atoms with Crippen LogP contribution < -0.4 is 9.62 Å². The molecule has 0 spiro atoms. The maximum atomic E-state index is 13.0.